The minimum absolute atomic E-state index is 0.235. The van der Waals surface area contributed by atoms with Gasteiger partial charge < -0.3 is 4.74 Å². The Hall–Kier alpha value is -2.55. The first-order chi connectivity index (χ1) is 10.3. The summed E-state index contributed by atoms with van der Waals surface area (Å²) < 4.78 is 5.15. The zero-order valence-corrected chi connectivity index (χ0v) is 11.5. The lowest BCUT2D eigenvalue weighted by molar-refractivity contribution is 0.148. The molecule has 1 amide bonds. The summed E-state index contributed by atoms with van der Waals surface area (Å²) in [4.78, 5) is 13.9. The van der Waals surface area contributed by atoms with Crippen LogP contribution < -0.4 is 0 Å². The molecule has 1 aliphatic heterocycles. The van der Waals surface area contributed by atoms with Crippen molar-refractivity contribution in [2.45, 2.75) is 5.54 Å². The van der Waals surface area contributed by atoms with Crippen LogP contribution in [0.2, 0.25) is 0 Å². The number of rotatable bonds is 3. The predicted molar refractivity (Wildman–Crippen MR) is 80.6 cm³/mol. The van der Waals surface area contributed by atoms with E-state index in [1.54, 1.807) is 0 Å². The first-order valence-corrected chi connectivity index (χ1v) is 7.11. The molecule has 1 heterocycles. The highest BCUT2D eigenvalue weighted by molar-refractivity contribution is 5.94. The predicted octanol–water partition coefficient (Wildman–Crippen LogP) is 3.43. The van der Waals surface area contributed by atoms with E-state index in [0.29, 0.717) is 13.2 Å². The average Bonchev–Trinajstić information content (AvgIpc) is 3.16. The number of amides is 1. The van der Waals surface area contributed by atoms with Gasteiger partial charge in [-0.25, -0.2) is 4.79 Å². The van der Waals surface area contributed by atoms with Gasteiger partial charge in [-0.3, -0.25) is 4.90 Å². The van der Waals surface area contributed by atoms with Crippen molar-refractivity contribution in [1.29, 1.82) is 0 Å². The molecule has 1 fully saturated rings. The largest absolute Gasteiger partial charge is 0.447 e. The van der Waals surface area contributed by atoms with Gasteiger partial charge in [0.05, 0.1) is 6.54 Å². The fourth-order valence-electron chi connectivity index (χ4n) is 3.12. The lowest BCUT2D eigenvalue weighted by atomic mass is 9.95. The molecule has 3 heteroatoms. The van der Waals surface area contributed by atoms with Crippen LogP contribution in [0, 0.1) is 0 Å². The summed E-state index contributed by atoms with van der Waals surface area (Å²) in [5.41, 5.74) is 3.01. The summed E-state index contributed by atoms with van der Waals surface area (Å²) >= 11 is 0. The molecule has 0 spiro atoms. The van der Waals surface area contributed by atoms with Crippen LogP contribution in [0.4, 0.5) is 4.79 Å². The number of nitrogens with zero attached hydrogens (tertiary/aromatic N) is 1. The number of hydrogen-bond donors (Lipinski definition) is 0. The van der Waals surface area contributed by atoms with Crippen molar-refractivity contribution in [2.24, 2.45) is 0 Å². The average molecular weight is 277 g/mol. The van der Waals surface area contributed by atoms with Gasteiger partial charge in [-0.05, 0) is 22.8 Å². The molecular weight excluding hydrogens is 262 g/mol. The highest BCUT2D eigenvalue weighted by Crippen LogP contribution is 2.55. The molecule has 0 N–H and O–H groups in total. The van der Waals surface area contributed by atoms with E-state index in [2.05, 4.69) is 30.3 Å². The van der Waals surface area contributed by atoms with Gasteiger partial charge in [0.2, 0.25) is 0 Å². The molecule has 2 aliphatic rings. The fourth-order valence-corrected chi connectivity index (χ4v) is 3.12. The van der Waals surface area contributed by atoms with Crippen molar-refractivity contribution in [3.8, 4) is 0 Å². The van der Waals surface area contributed by atoms with E-state index >= 15 is 0 Å². The fraction of sp³-hybridized carbons (Fsp3) is 0.167. The standard InChI is InChI=1S/C18H15NO2/c20-17-19(11-12-21-17)18(15-9-5-2-6-10-15)13-16(18)14-7-3-1-4-8-14/h1-10,13H,11-12H2/t18-/m0/s1. The van der Waals surface area contributed by atoms with Gasteiger partial charge in [-0.1, -0.05) is 60.7 Å². The smallest absolute Gasteiger partial charge is 0.411 e. The molecule has 104 valence electrons. The first-order valence-electron chi connectivity index (χ1n) is 7.11. The lowest BCUT2D eigenvalue weighted by Crippen LogP contribution is -2.38. The summed E-state index contributed by atoms with van der Waals surface area (Å²) in [5, 5.41) is 0. The Morgan fingerprint density at radius 1 is 0.952 bits per heavy atom. The van der Waals surface area contributed by atoms with Gasteiger partial charge >= 0.3 is 6.09 Å². The third-order valence-electron chi connectivity index (χ3n) is 4.17. The van der Waals surface area contributed by atoms with Gasteiger partial charge in [0.25, 0.3) is 0 Å². The van der Waals surface area contributed by atoms with Crippen molar-refractivity contribution in [1.82, 2.24) is 4.90 Å². The maximum atomic E-state index is 12.1. The molecule has 0 radical (unpaired) electrons. The SMILES string of the molecule is O=C1OCCN1[C@]1(c2ccccc2)C=C1c1ccccc1. The van der Waals surface area contributed by atoms with E-state index in [1.165, 1.54) is 5.57 Å². The van der Waals surface area contributed by atoms with Crippen LogP contribution in [0.3, 0.4) is 0 Å². The van der Waals surface area contributed by atoms with Crippen molar-refractivity contribution in [3.05, 3.63) is 77.9 Å². The second-order valence-electron chi connectivity index (χ2n) is 5.32. The van der Waals surface area contributed by atoms with E-state index in [-0.39, 0.29) is 6.09 Å². The van der Waals surface area contributed by atoms with E-state index in [9.17, 15) is 4.79 Å². The molecule has 0 saturated carbocycles. The van der Waals surface area contributed by atoms with Gasteiger partial charge in [-0.2, -0.15) is 0 Å². The number of ether oxygens (including phenoxy) is 1. The minimum Gasteiger partial charge on any atom is -0.447 e. The van der Waals surface area contributed by atoms with Crippen LogP contribution in [-0.2, 0) is 10.3 Å². The molecule has 0 aromatic heterocycles. The van der Waals surface area contributed by atoms with Crippen LogP contribution in [0.25, 0.3) is 5.57 Å². The van der Waals surface area contributed by atoms with E-state index in [0.717, 1.165) is 11.1 Å². The topological polar surface area (TPSA) is 29.5 Å². The Labute approximate surface area is 123 Å². The molecule has 1 saturated heterocycles. The number of hydrogen-bond acceptors (Lipinski definition) is 2. The highest BCUT2D eigenvalue weighted by Gasteiger charge is 2.54. The number of carbonyl (C=O) groups excluding carboxylic acids is 1. The molecule has 21 heavy (non-hydrogen) atoms. The summed E-state index contributed by atoms with van der Waals surface area (Å²) in [7, 11) is 0. The lowest BCUT2D eigenvalue weighted by Gasteiger charge is -2.28. The third-order valence-corrected chi connectivity index (χ3v) is 4.17. The van der Waals surface area contributed by atoms with E-state index in [1.807, 2.05) is 41.3 Å². The van der Waals surface area contributed by atoms with Crippen LogP contribution in [0.5, 0.6) is 0 Å². The molecule has 1 atom stereocenters. The zero-order valence-electron chi connectivity index (χ0n) is 11.5. The van der Waals surface area contributed by atoms with Crippen LogP contribution in [0.15, 0.2) is 66.7 Å². The Kier molecular flexibility index (Phi) is 2.61. The molecule has 2 aromatic carbocycles. The third kappa shape index (κ3) is 1.77. The zero-order chi connectivity index (χ0) is 14.3. The Balaban J connectivity index is 1.78. The van der Waals surface area contributed by atoms with Crippen molar-refractivity contribution < 1.29 is 9.53 Å². The first kappa shape index (κ1) is 12.2. The van der Waals surface area contributed by atoms with E-state index < -0.39 is 5.54 Å². The molecule has 0 unspecified atom stereocenters. The Bertz CT molecular complexity index is 709. The number of carbonyl (C=O) groups is 1. The van der Waals surface area contributed by atoms with Crippen molar-refractivity contribution >= 4 is 11.7 Å². The minimum atomic E-state index is -0.434. The van der Waals surface area contributed by atoms with Crippen LogP contribution in [0.1, 0.15) is 11.1 Å². The summed E-state index contributed by atoms with van der Waals surface area (Å²) in [6, 6.07) is 20.3. The van der Waals surface area contributed by atoms with Crippen molar-refractivity contribution in [3.63, 3.8) is 0 Å². The van der Waals surface area contributed by atoms with Crippen LogP contribution >= 0.6 is 0 Å². The Morgan fingerprint density at radius 3 is 2.24 bits per heavy atom. The normalized spacial score (nSPS) is 23.7. The molecule has 1 aliphatic carbocycles. The summed E-state index contributed by atoms with van der Waals surface area (Å²) in [5.74, 6) is 0. The van der Waals surface area contributed by atoms with Crippen molar-refractivity contribution in [2.75, 3.05) is 13.2 Å². The van der Waals surface area contributed by atoms with E-state index in [4.69, 9.17) is 4.74 Å². The van der Waals surface area contributed by atoms with Crippen LogP contribution in [-0.4, -0.2) is 24.1 Å². The quantitative estimate of drug-likeness (QED) is 0.860. The summed E-state index contributed by atoms with van der Waals surface area (Å²) in [6.07, 6.45) is 1.92. The monoisotopic (exact) mass is 277 g/mol. The number of benzene rings is 2. The number of cyclic esters (lactones) is 1. The Morgan fingerprint density at radius 2 is 1.62 bits per heavy atom. The van der Waals surface area contributed by atoms with Gasteiger partial charge in [0.15, 0.2) is 0 Å². The molecular formula is C18H15NO2. The maximum Gasteiger partial charge on any atom is 0.411 e. The van der Waals surface area contributed by atoms with Gasteiger partial charge in [0, 0.05) is 0 Å². The second kappa shape index (κ2) is 4.48. The highest BCUT2D eigenvalue weighted by atomic mass is 16.6. The van der Waals surface area contributed by atoms with Gasteiger partial charge in [-0.15, -0.1) is 0 Å². The van der Waals surface area contributed by atoms with Gasteiger partial charge in [0.1, 0.15) is 12.1 Å². The molecule has 4 rings (SSSR count). The molecule has 0 bridgehead atoms. The maximum absolute atomic E-state index is 12.1. The molecule has 3 nitrogen and oxygen atoms in total. The second-order valence-corrected chi connectivity index (χ2v) is 5.32. The molecule has 2 aromatic rings. The summed E-state index contributed by atoms with van der Waals surface area (Å²) in [6.45, 7) is 1.09.